The van der Waals surface area contributed by atoms with Crippen molar-refractivity contribution in [1.82, 2.24) is 4.98 Å². The third-order valence-corrected chi connectivity index (χ3v) is 5.49. The van der Waals surface area contributed by atoms with E-state index in [0.29, 0.717) is 17.4 Å². The quantitative estimate of drug-likeness (QED) is 0.168. The lowest BCUT2D eigenvalue weighted by Gasteiger charge is -2.28. The molecule has 162 valence electrons. The molecule has 0 aliphatic heterocycles. The van der Waals surface area contributed by atoms with Crippen LogP contribution in [0.2, 0.25) is 0 Å². The maximum atomic E-state index is 12.3. The Kier molecular flexibility index (Phi) is 12.6. The van der Waals surface area contributed by atoms with Gasteiger partial charge in [-0.15, -0.1) is 0 Å². The number of unbranched alkanes of at least 4 members (excludes halogenated alkanes) is 10. The Morgan fingerprint density at radius 2 is 1.57 bits per heavy atom. The zero-order valence-electron chi connectivity index (χ0n) is 18.7. The number of nitrogens with zero attached hydrogens (tertiary/aromatic N) is 1. The van der Waals surface area contributed by atoms with Crippen LogP contribution in [0.3, 0.4) is 0 Å². The van der Waals surface area contributed by atoms with Crippen LogP contribution in [-0.2, 0) is 9.53 Å². The van der Waals surface area contributed by atoms with E-state index < -0.39 is 6.10 Å². The lowest BCUT2D eigenvalue weighted by Crippen LogP contribution is -2.23. The third-order valence-electron chi connectivity index (χ3n) is 4.96. The number of oxazole rings is 1. The molecule has 1 aromatic heterocycles. The van der Waals surface area contributed by atoms with Crippen molar-refractivity contribution >= 4 is 17.7 Å². The lowest BCUT2D eigenvalue weighted by molar-refractivity contribution is -0.157. The molecule has 1 unspecified atom stereocenters. The Hall–Kier alpha value is -0.970. The molecule has 0 bridgehead atoms. The summed E-state index contributed by atoms with van der Waals surface area (Å²) in [7, 11) is 0. The molecule has 1 heterocycles. The third kappa shape index (κ3) is 10.5. The standard InChI is InChI=1S/C23H41NO3S/c1-6-7-8-9-10-11-12-13-14-15-16-17-20(25)27-21(23(2,3)4)19-18-24-22(26-19)28-5/h18,21H,6-17H2,1-5H3. The highest BCUT2D eigenvalue weighted by Gasteiger charge is 2.33. The van der Waals surface area contributed by atoms with Crippen molar-refractivity contribution < 1.29 is 13.9 Å². The average molecular weight is 412 g/mol. The Bertz CT molecular complexity index is 536. The second-order valence-corrected chi connectivity index (χ2v) is 9.51. The number of hydrogen-bond acceptors (Lipinski definition) is 5. The van der Waals surface area contributed by atoms with Gasteiger partial charge in [-0.3, -0.25) is 4.79 Å². The maximum absolute atomic E-state index is 12.3. The van der Waals surface area contributed by atoms with E-state index in [4.69, 9.17) is 9.15 Å². The molecule has 5 heteroatoms. The van der Waals surface area contributed by atoms with Gasteiger partial charge in [0.2, 0.25) is 0 Å². The summed E-state index contributed by atoms with van der Waals surface area (Å²) in [4.78, 5) is 16.5. The summed E-state index contributed by atoms with van der Waals surface area (Å²) in [5.74, 6) is 0.488. The van der Waals surface area contributed by atoms with Crippen LogP contribution in [0.1, 0.15) is 117 Å². The lowest BCUT2D eigenvalue weighted by atomic mass is 9.87. The van der Waals surface area contributed by atoms with Crippen LogP contribution in [0.4, 0.5) is 0 Å². The number of rotatable bonds is 15. The molecule has 0 fully saturated rings. The fraction of sp³-hybridized carbons (Fsp3) is 0.826. The smallest absolute Gasteiger partial charge is 0.306 e. The minimum absolute atomic E-state index is 0.141. The second-order valence-electron chi connectivity index (χ2n) is 8.75. The molecule has 0 saturated heterocycles. The number of aromatic nitrogens is 1. The summed E-state index contributed by atoms with van der Waals surface area (Å²) in [6, 6.07) is 0. The van der Waals surface area contributed by atoms with Gasteiger partial charge < -0.3 is 9.15 Å². The van der Waals surface area contributed by atoms with Gasteiger partial charge in [-0.05, 0) is 12.7 Å². The van der Waals surface area contributed by atoms with E-state index in [0.717, 1.165) is 12.8 Å². The van der Waals surface area contributed by atoms with Crippen LogP contribution in [-0.4, -0.2) is 17.2 Å². The first-order chi connectivity index (χ1) is 13.4. The molecule has 0 amide bonds. The zero-order valence-corrected chi connectivity index (χ0v) is 19.5. The zero-order chi connectivity index (χ0) is 20.8. The molecule has 28 heavy (non-hydrogen) atoms. The van der Waals surface area contributed by atoms with Gasteiger partial charge in [0, 0.05) is 11.8 Å². The van der Waals surface area contributed by atoms with Gasteiger partial charge in [0.05, 0.1) is 6.20 Å². The van der Waals surface area contributed by atoms with Gasteiger partial charge in [0.15, 0.2) is 11.9 Å². The molecule has 0 aromatic carbocycles. The normalized spacial score (nSPS) is 12.9. The van der Waals surface area contributed by atoms with Gasteiger partial charge in [-0.2, -0.15) is 0 Å². The second kappa shape index (κ2) is 14.1. The first kappa shape index (κ1) is 25.1. The van der Waals surface area contributed by atoms with Crippen molar-refractivity contribution in [2.75, 3.05) is 6.26 Å². The van der Waals surface area contributed by atoms with Crippen molar-refractivity contribution in [2.24, 2.45) is 5.41 Å². The van der Waals surface area contributed by atoms with Crippen LogP contribution in [0, 0.1) is 5.41 Å². The van der Waals surface area contributed by atoms with Crippen LogP contribution in [0.25, 0.3) is 0 Å². The molecule has 0 spiro atoms. The van der Waals surface area contributed by atoms with Crippen LogP contribution >= 0.6 is 11.8 Å². The van der Waals surface area contributed by atoms with Crippen molar-refractivity contribution in [3.8, 4) is 0 Å². The molecular formula is C23H41NO3S. The van der Waals surface area contributed by atoms with Crippen molar-refractivity contribution in [1.29, 1.82) is 0 Å². The minimum Gasteiger partial charge on any atom is -0.454 e. The Labute approximate surface area is 176 Å². The summed E-state index contributed by atoms with van der Waals surface area (Å²) >= 11 is 1.45. The van der Waals surface area contributed by atoms with Crippen LogP contribution < -0.4 is 0 Å². The summed E-state index contributed by atoms with van der Waals surface area (Å²) in [5, 5.41) is 0.602. The van der Waals surface area contributed by atoms with E-state index >= 15 is 0 Å². The monoisotopic (exact) mass is 411 g/mol. The number of thioether (sulfide) groups is 1. The van der Waals surface area contributed by atoms with E-state index in [2.05, 4.69) is 32.7 Å². The Morgan fingerprint density at radius 1 is 1.04 bits per heavy atom. The van der Waals surface area contributed by atoms with E-state index in [1.54, 1.807) is 6.20 Å². The van der Waals surface area contributed by atoms with Gasteiger partial charge in [0.1, 0.15) is 0 Å². The van der Waals surface area contributed by atoms with Crippen molar-refractivity contribution in [3.63, 3.8) is 0 Å². The van der Waals surface area contributed by atoms with Gasteiger partial charge in [-0.1, -0.05) is 104 Å². The molecule has 0 radical (unpaired) electrons. The number of ether oxygens (including phenoxy) is 1. The largest absolute Gasteiger partial charge is 0.454 e. The maximum Gasteiger partial charge on any atom is 0.306 e. The minimum atomic E-state index is -0.402. The Balaban J connectivity index is 2.20. The topological polar surface area (TPSA) is 52.3 Å². The summed E-state index contributed by atoms with van der Waals surface area (Å²) in [6.45, 7) is 8.41. The molecule has 1 aromatic rings. The fourth-order valence-electron chi connectivity index (χ4n) is 3.27. The van der Waals surface area contributed by atoms with Crippen molar-refractivity contribution in [3.05, 3.63) is 12.0 Å². The SMILES string of the molecule is CCCCCCCCCCCCCC(=O)OC(c1cnc(SC)o1)C(C)(C)C. The molecule has 4 nitrogen and oxygen atoms in total. The molecule has 0 saturated carbocycles. The van der Waals surface area contributed by atoms with Crippen LogP contribution in [0.5, 0.6) is 0 Å². The summed E-state index contributed by atoms with van der Waals surface area (Å²) < 4.78 is 11.5. The number of carbonyl (C=O) groups is 1. The average Bonchev–Trinajstić information content (AvgIpc) is 3.12. The molecular weight excluding hydrogens is 370 g/mol. The van der Waals surface area contributed by atoms with E-state index in [1.807, 2.05) is 6.26 Å². The highest BCUT2D eigenvalue weighted by atomic mass is 32.2. The first-order valence-corrected chi connectivity index (χ1v) is 12.3. The molecule has 0 aliphatic rings. The summed E-state index contributed by atoms with van der Waals surface area (Å²) in [6.07, 6.45) is 17.7. The molecule has 1 rings (SSSR count). The number of hydrogen-bond donors (Lipinski definition) is 0. The Morgan fingerprint density at radius 3 is 2.04 bits per heavy atom. The summed E-state index contributed by atoms with van der Waals surface area (Å²) in [5.41, 5.74) is -0.234. The predicted octanol–water partition coefficient (Wildman–Crippen LogP) is 7.73. The van der Waals surface area contributed by atoms with Gasteiger partial charge in [0.25, 0.3) is 5.22 Å². The van der Waals surface area contributed by atoms with Crippen molar-refractivity contribution in [2.45, 2.75) is 116 Å². The predicted molar refractivity (Wildman–Crippen MR) is 118 cm³/mol. The number of esters is 1. The highest BCUT2D eigenvalue weighted by Crippen LogP contribution is 2.37. The molecule has 0 N–H and O–H groups in total. The van der Waals surface area contributed by atoms with Gasteiger partial charge >= 0.3 is 5.97 Å². The van der Waals surface area contributed by atoms with E-state index in [9.17, 15) is 4.79 Å². The number of carbonyl (C=O) groups excluding carboxylic acids is 1. The van der Waals surface area contributed by atoms with E-state index in [-0.39, 0.29) is 11.4 Å². The first-order valence-electron chi connectivity index (χ1n) is 11.1. The van der Waals surface area contributed by atoms with Crippen LogP contribution in [0.15, 0.2) is 15.8 Å². The fourth-order valence-corrected chi connectivity index (χ4v) is 3.61. The van der Waals surface area contributed by atoms with Gasteiger partial charge in [-0.25, -0.2) is 4.98 Å². The molecule has 1 atom stereocenters. The van der Waals surface area contributed by atoms with E-state index in [1.165, 1.54) is 69.5 Å². The molecule has 0 aliphatic carbocycles. The highest BCUT2D eigenvalue weighted by molar-refractivity contribution is 7.98.